The van der Waals surface area contributed by atoms with Crippen molar-refractivity contribution < 1.29 is 24.1 Å². The number of hydrogen-bond acceptors (Lipinski definition) is 8. The summed E-state index contributed by atoms with van der Waals surface area (Å²) >= 11 is 4.59. The molecule has 0 saturated carbocycles. The Hall–Kier alpha value is -4.15. The summed E-state index contributed by atoms with van der Waals surface area (Å²) in [6.45, 7) is 1.88. The highest BCUT2D eigenvalue weighted by molar-refractivity contribution is 9.10. The molecule has 1 N–H and O–H groups in total. The van der Waals surface area contributed by atoms with Gasteiger partial charge in [0.1, 0.15) is 5.75 Å². The molecule has 0 amide bonds. The van der Waals surface area contributed by atoms with E-state index in [1.807, 2.05) is 30.3 Å². The van der Waals surface area contributed by atoms with Gasteiger partial charge in [-0.05, 0) is 48.9 Å². The van der Waals surface area contributed by atoms with Crippen LogP contribution in [-0.2, 0) is 9.53 Å². The van der Waals surface area contributed by atoms with Gasteiger partial charge in [-0.3, -0.25) is 9.36 Å². The van der Waals surface area contributed by atoms with Crippen molar-refractivity contribution in [2.45, 2.75) is 13.0 Å². The lowest BCUT2D eigenvalue weighted by atomic mass is 9.93. The summed E-state index contributed by atoms with van der Waals surface area (Å²) in [5, 5.41) is 10.4. The fraction of sp³-hybridized carbons (Fsp3) is 0.167. The smallest absolute Gasteiger partial charge is 0.338 e. The van der Waals surface area contributed by atoms with Crippen molar-refractivity contribution in [2.75, 3.05) is 20.8 Å². The summed E-state index contributed by atoms with van der Waals surface area (Å²) in [4.78, 5) is 32.8. The van der Waals surface area contributed by atoms with Crippen molar-refractivity contribution in [1.82, 2.24) is 4.57 Å². The number of fused-ring (bicyclic) bond motifs is 1. The fourth-order valence-corrected chi connectivity index (χ4v) is 5.93. The molecule has 0 aliphatic carbocycles. The second kappa shape index (κ2) is 11.5. The quantitative estimate of drug-likeness (QED) is 0.307. The number of esters is 1. The molecular weight excluding hydrogens is 596 g/mol. The van der Waals surface area contributed by atoms with E-state index in [2.05, 4.69) is 15.9 Å². The minimum absolute atomic E-state index is 0.0302. The van der Waals surface area contributed by atoms with E-state index in [1.54, 1.807) is 49.4 Å². The van der Waals surface area contributed by atoms with Crippen molar-refractivity contribution in [3.8, 4) is 17.2 Å². The van der Waals surface area contributed by atoms with Crippen LogP contribution in [0, 0.1) is 0 Å². The molecule has 0 saturated heterocycles. The Labute approximate surface area is 242 Å². The van der Waals surface area contributed by atoms with Gasteiger partial charge in [0.15, 0.2) is 16.3 Å². The molecule has 0 spiro atoms. The number of halogens is 1. The molecule has 3 aromatic carbocycles. The summed E-state index contributed by atoms with van der Waals surface area (Å²) in [6, 6.07) is 18.7. The summed E-state index contributed by atoms with van der Waals surface area (Å²) in [6.07, 6.45) is 1.62. The number of carbonyl (C=O) groups is 1. The molecule has 40 heavy (non-hydrogen) atoms. The van der Waals surface area contributed by atoms with E-state index < -0.39 is 12.0 Å². The van der Waals surface area contributed by atoms with Gasteiger partial charge in [-0.2, -0.15) is 0 Å². The lowest BCUT2D eigenvalue weighted by Gasteiger charge is -2.26. The number of benzene rings is 3. The minimum Gasteiger partial charge on any atom is -0.507 e. The zero-order valence-electron chi connectivity index (χ0n) is 21.9. The van der Waals surface area contributed by atoms with E-state index in [0.29, 0.717) is 43.2 Å². The van der Waals surface area contributed by atoms with E-state index in [0.717, 1.165) is 4.47 Å². The number of rotatable bonds is 7. The molecule has 1 aliphatic heterocycles. The van der Waals surface area contributed by atoms with Gasteiger partial charge >= 0.3 is 5.97 Å². The molecule has 1 aromatic heterocycles. The first-order chi connectivity index (χ1) is 19.4. The average Bonchev–Trinajstić information content (AvgIpc) is 3.28. The summed E-state index contributed by atoms with van der Waals surface area (Å²) in [5.74, 6) is 0.405. The maximum absolute atomic E-state index is 14.0. The van der Waals surface area contributed by atoms with Gasteiger partial charge < -0.3 is 19.3 Å². The number of aromatic nitrogens is 1. The molecule has 1 aliphatic rings. The molecular formula is C30H25BrN2O6S. The van der Waals surface area contributed by atoms with Gasteiger partial charge in [-0.15, -0.1) is 0 Å². The van der Waals surface area contributed by atoms with Crippen LogP contribution in [-0.4, -0.2) is 36.5 Å². The third kappa shape index (κ3) is 5.07. The minimum atomic E-state index is -0.872. The molecule has 1 atom stereocenters. The van der Waals surface area contributed by atoms with Crippen molar-refractivity contribution in [1.29, 1.82) is 0 Å². The number of aromatic hydroxyl groups is 1. The lowest BCUT2D eigenvalue weighted by Crippen LogP contribution is -2.40. The van der Waals surface area contributed by atoms with Gasteiger partial charge in [0.25, 0.3) is 5.56 Å². The van der Waals surface area contributed by atoms with E-state index in [9.17, 15) is 14.7 Å². The van der Waals surface area contributed by atoms with Crippen molar-refractivity contribution in [3.63, 3.8) is 0 Å². The zero-order chi connectivity index (χ0) is 28.4. The summed E-state index contributed by atoms with van der Waals surface area (Å²) in [7, 11) is 3.06. The molecule has 4 aromatic rings. The summed E-state index contributed by atoms with van der Waals surface area (Å²) < 4.78 is 19.1. The molecule has 204 valence electrons. The van der Waals surface area contributed by atoms with Crippen molar-refractivity contribution >= 4 is 45.0 Å². The number of carbonyl (C=O) groups excluding carboxylic acids is 1. The van der Waals surface area contributed by atoms with E-state index in [4.69, 9.17) is 19.2 Å². The van der Waals surface area contributed by atoms with Gasteiger partial charge in [-0.25, -0.2) is 9.79 Å². The van der Waals surface area contributed by atoms with Gasteiger partial charge in [0, 0.05) is 15.6 Å². The Bertz CT molecular complexity index is 1810. The molecule has 2 heterocycles. The van der Waals surface area contributed by atoms with Crippen LogP contribution in [0.4, 0.5) is 0 Å². The Morgan fingerprint density at radius 2 is 1.82 bits per heavy atom. The second-order valence-corrected chi connectivity index (χ2v) is 10.7. The number of phenolic OH excluding ortho intramolecular Hbond substituents is 1. The first-order valence-corrected chi connectivity index (χ1v) is 14.0. The van der Waals surface area contributed by atoms with Gasteiger partial charge in [-0.1, -0.05) is 63.7 Å². The van der Waals surface area contributed by atoms with Gasteiger partial charge in [0.2, 0.25) is 0 Å². The molecule has 0 radical (unpaired) electrons. The zero-order valence-corrected chi connectivity index (χ0v) is 24.3. The average molecular weight is 622 g/mol. The fourth-order valence-electron chi connectivity index (χ4n) is 4.56. The lowest BCUT2D eigenvalue weighted by molar-refractivity contribution is -0.138. The Morgan fingerprint density at radius 1 is 1.07 bits per heavy atom. The third-order valence-corrected chi connectivity index (χ3v) is 7.85. The van der Waals surface area contributed by atoms with Crippen LogP contribution in [0.25, 0.3) is 11.8 Å². The maximum Gasteiger partial charge on any atom is 0.338 e. The van der Waals surface area contributed by atoms with E-state index in [-0.39, 0.29) is 23.5 Å². The highest BCUT2D eigenvalue weighted by Crippen LogP contribution is 2.38. The SMILES string of the molecule is CCOC(=O)C1=C(c2ccccc2)N=c2s/c(=C\c3cc(Br)ccc3O)c(=O)n2[C@H]1c1ccc(OC)c(OC)c1. The van der Waals surface area contributed by atoms with Crippen LogP contribution in [0.15, 0.2) is 86.6 Å². The van der Waals surface area contributed by atoms with E-state index >= 15 is 0 Å². The topological polar surface area (TPSA) is 99.4 Å². The monoisotopic (exact) mass is 620 g/mol. The van der Waals surface area contributed by atoms with E-state index in [1.165, 1.54) is 30.1 Å². The molecule has 0 bridgehead atoms. The normalized spacial score (nSPS) is 14.9. The maximum atomic E-state index is 14.0. The number of methoxy groups -OCH3 is 2. The van der Waals surface area contributed by atoms with Crippen LogP contribution >= 0.6 is 27.3 Å². The second-order valence-electron chi connectivity index (χ2n) is 8.75. The number of phenols is 1. The molecule has 10 heteroatoms. The van der Waals surface area contributed by atoms with Crippen LogP contribution in [0.1, 0.15) is 29.7 Å². The third-order valence-electron chi connectivity index (χ3n) is 6.37. The highest BCUT2D eigenvalue weighted by atomic mass is 79.9. The summed E-state index contributed by atoms with van der Waals surface area (Å²) in [5.41, 5.74) is 2.06. The Kier molecular flexibility index (Phi) is 7.90. The standard InChI is InChI=1S/C30H25BrN2O6S/c1-4-39-29(36)25-26(17-8-6-5-7-9-17)32-30-33(27(25)18-10-13-22(37-2)23(15-18)38-3)28(35)24(40-30)16-19-14-20(31)11-12-21(19)34/h5-16,27,34H,4H2,1-3H3/b24-16-/t27-/m0/s1. The van der Waals surface area contributed by atoms with Gasteiger partial charge in [0.05, 0.1) is 42.7 Å². The van der Waals surface area contributed by atoms with Crippen LogP contribution in [0.2, 0.25) is 0 Å². The molecule has 0 unspecified atom stereocenters. The van der Waals surface area contributed by atoms with Crippen LogP contribution in [0.3, 0.4) is 0 Å². The number of thiazole rings is 1. The van der Waals surface area contributed by atoms with Crippen LogP contribution in [0.5, 0.6) is 17.2 Å². The van der Waals surface area contributed by atoms with Crippen LogP contribution < -0.4 is 24.4 Å². The predicted molar refractivity (Wildman–Crippen MR) is 156 cm³/mol. The molecule has 0 fully saturated rings. The largest absolute Gasteiger partial charge is 0.507 e. The van der Waals surface area contributed by atoms with Crippen molar-refractivity contribution in [3.05, 3.63) is 113 Å². The first kappa shape index (κ1) is 27.4. The first-order valence-electron chi connectivity index (χ1n) is 12.3. The van der Waals surface area contributed by atoms with Crippen molar-refractivity contribution in [2.24, 2.45) is 4.99 Å². The Morgan fingerprint density at radius 3 is 2.52 bits per heavy atom. The highest BCUT2D eigenvalue weighted by Gasteiger charge is 2.35. The molecule has 5 rings (SSSR count). The number of ether oxygens (including phenoxy) is 3. The predicted octanol–water partition coefficient (Wildman–Crippen LogP) is 4.42. The number of nitrogens with zero attached hydrogens (tertiary/aromatic N) is 2. The number of hydrogen-bond donors (Lipinski definition) is 1. The molecule has 8 nitrogen and oxygen atoms in total. The Balaban J connectivity index is 1.86.